The zero-order chi connectivity index (χ0) is 23.3. The topological polar surface area (TPSA) is 73.8 Å². The van der Waals surface area contributed by atoms with Gasteiger partial charge in [-0.15, -0.1) is 0 Å². The van der Waals surface area contributed by atoms with Crippen molar-refractivity contribution in [3.05, 3.63) is 57.9 Å². The molecule has 2 aromatic rings. The van der Waals surface area contributed by atoms with Crippen molar-refractivity contribution in [2.45, 2.75) is 59.8 Å². The molecule has 2 aliphatic heterocycles. The molecular weight excluding hydrogens is 430 g/mol. The molecule has 0 unspecified atom stereocenters. The first kappa shape index (κ1) is 21.9. The SMILES string of the molecule is Cc1cccc(-n2c(C)cc(C=C3C(=N)N4N=C(C5CCCCC5)SC4=NC3=O)c2C)c1C. The number of hydrogen-bond donors (Lipinski definition) is 1. The summed E-state index contributed by atoms with van der Waals surface area (Å²) in [4.78, 5) is 17.2. The zero-order valence-corrected chi connectivity index (χ0v) is 20.4. The lowest BCUT2D eigenvalue weighted by Gasteiger charge is -2.20. The Labute approximate surface area is 199 Å². The molecule has 170 valence electrons. The van der Waals surface area contributed by atoms with Crippen molar-refractivity contribution in [1.29, 1.82) is 5.41 Å². The number of benzene rings is 1. The van der Waals surface area contributed by atoms with Crippen LogP contribution < -0.4 is 0 Å². The number of amides is 1. The number of amidine groups is 2. The van der Waals surface area contributed by atoms with Gasteiger partial charge in [0.25, 0.3) is 5.91 Å². The normalized spacial score (nSPS) is 20.4. The summed E-state index contributed by atoms with van der Waals surface area (Å²) in [5, 5.41) is 16.5. The van der Waals surface area contributed by atoms with Crippen LogP contribution in [0.1, 0.15) is 60.2 Å². The van der Waals surface area contributed by atoms with Gasteiger partial charge in [-0.25, -0.2) is 0 Å². The summed E-state index contributed by atoms with van der Waals surface area (Å²) >= 11 is 1.46. The Kier molecular flexibility index (Phi) is 5.60. The van der Waals surface area contributed by atoms with Crippen molar-refractivity contribution < 1.29 is 4.79 Å². The zero-order valence-electron chi connectivity index (χ0n) is 19.6. The quantitative estimate of drug-likeness (QED) is 0.580. The smallest absolute Gasteiger partial charge is 0.283 e. The Morgan fingerprint density at radius 2 is 1.88 bits per heavy atom. The largest absolute Gasteiger partial charge is 0.318 e. The van der Waals surface area contributed by atoms with Crippen molar-refractivity contribution in [3.8, 4) is 5.69 Å². The maximum absolute atomic E-state index is 12.9. The second kappa shape index (κ2) is 8.45. The van der Waals surface area contributed by atoms with Crippen LogP contribution in [0.4, 0.5) is 0 Å². The number of carbonyl (C=O) groups is 1. The van der Waals surface area contributed by atoms with Crippen LogP contribution in [0.25, 0.3) is 11.8 Å². The van der Waals surface area contributed by atoms with Gasteiger partial charge >= 0.3 is 0 Å². The van der Waals surface area contributed by atoms with Gasteiger partial charge < -0.3 is 4.57 Å². The van der Waals surface area contributed by atoms with E-state index < -0.39 is 0 Å². The fraction of sp³-hybridized carbons (Fsp3) is 0.385. The Balaban J connectivity index is 1.49. The fourth-order valence-corrected chi connectivity index (χ4v) is 6.02. The maximum atomic E-state index is 12.9. The van der Waals surface area contributed by atoms with Gasteiger partial charge in [-0.05, 0) is 87.2 Å². The van der Waals surface area contributed by atoms with Crippen LogP contribution >= 0.6 is 11.8 Å². The fourth-order valence-electron chi connectivity index (χ4n) is 4.96. The number of thioether (sulfide) groups is 1. The third-order valence-corrected chi connectivity index (χ3v) is 8.08. The van der Waals surface area contributed by atoms with Gasteiger partial charge in [0.2, 0.25) is 5.17 Å². The lowest BCUT2D eigenvalue weighted by atomic mass is 9.90. The minimum absolute atomic E-state index is 0.111. The van der Waals surface area contributed by atoms with E-state index in [1.54, 1.807) is 11.1 Å². The van der Waals surface area contributed by atoms with Gasteiger partial charge in [-0.3, -0.25) is 10.2 Å². The van der Waals surface area contributed by atoms with E-state index in [0.717, 1.165) is 40.5 Å². The molecule has 1 amide bonds. The standard InChI is InChI=1S/C26H29N5OS/c1-15-9-8-12-22(17(15)3)30-16(2)13-20(18(30)4)14-21-23(27)31-26(28-24(21)32)33-25(29-31)19-10-6-5-7-11-19/h8-9,12-14,19,27H,5-7,10-11H2,1-4H3. The molecule has 0 radical (unpaired) electrons. The molecule has 3 aliphatic rings. The third kappa shape index (κ3) is 3.78. The molecule has 1 aromatic heterocycles. The molecule has 1 aliphatic carbocycles. The van der Waals surface area contributed by atoms with Crippen LogP contribution in [0.15, 0.2) is 39.9 Å². The highest BCUT2D eigenvalue weighted by molar-refractivity contribution is 8.27. The minimum Gasteiger partial charge on any atom is -0.318 e. The molecule has 1 aromatic carbocycles. The maximum Gasteiger partial charge on any atom is 0.283 e. The predicted molar refractivity (Wildman–Crippen MR) is 136 cm³/mol. The molecule has 1 fully saturated rings. The number of aliphatic imine (C=N–C) groups is 1. The molecule has 1 N–H and O–H groups in total. The van der Waals surface area contributed by atoms with Gasteiger partial charge in [0.15, 0.2) is 5.84 Å². The van der Waals surface area contributed by atoms with Crippen molar-refractivity contribution in [2.75, 3.05) is 0 Å². The first-order valence-electron chi connectivity index (χ1n) is 11.6. The number of aryl methyl sites for hydroxylation is 2. The van der Waals surface area contributed by atoms with Crippen molar-refractivity contribution in [3.63, 3.8) is 0 Å². The van der Waals surface area contributed by atoms with Gasteiger partial charge in [-0.2, -0.15) is 15.1 Å². The molecule has 33 heavy (non-hydrogen) atoms. The molecular formula is C26H29N5OS. The highest BCUT2D eigenvalue weighted by atomic mass is 32.2. The molecule has 5 rings (SSSR count). The number of fused-ring (bicyclic) bond motifs is 1. The summed E-state index contributed by atoms with van der Waals surface area (Å²) in [7, 11) is 0. The van der Waals surface area contributed by atoms with E-state index in [4.69, 9.17) is 10.5 Å². The van der Waals surface area contributed by atoms with Gasteiger partial charge in [0.1, 0.15) is 5.04 Å². The van der Waals surface area contributed by atoms with Crippen molar-refractivity contribution >= 4 is 39.8 Å². The van der Waals surface area contributed by atoms with Crippen LogP contribution in [0.5, 0.6) is 0 Å². The summed E-state index contributed by atoms with van der Waals surface area (Å²) in [5.41, 5.74) is 6.93. The summed E-state index contributed by atoms with van der Waals surface area (Å²) in [6.45, 7) is 8.37. The average molecular weight is 460 g/mol. The summed E-state index contributed by atoms with van der Waals surface area (Å²) in [6.07, 6.45) is 7.76. The lowest BCUT2D eigenvalue weighted by molar-refractivity contribution is -0.114. The van der Waals surface area contributed by atoms with E-state index in [1.807, 2.05) is 0 Å². The van der Waals surface area contributed by atoms with E-state index in [2.05, 4.69) is 61.5 Å². The summed E-state index contributed by atoms with van der Waals surface area (Å²) in [6, 6.07) is 8.37. The Hall–Kier alpha value is -2.93. The highest BCUT2D eigenvalue weighted by Crippen LogP contribution is 2.36. The summed E-state index contributed by atoms with van der Waals surface area (Å²) in [5.74, 6) is 0.166. The molecule has 6 nitrogen and oxygen atoms in total. The van der Waals surface area contributed by atoms with E-state index in [9.17, 15) is 4.79 Å². The van der Waals surface area contributed by atoms with Gasteiger partial charge in [0.05, 0.1) is 5.57 Å². The number of rotatable bonds is 3. The second-order valence-electron chi connectivity index (χ2n) is 9.17. The van der Waals surface area contributed by atoms with Crippen molar-refractivity contribution in [2.24, 2.45) is 16.0 Å². The predicted octanol–water partition coefficient (Wildman–Crippen LogP) is 5.91. The summed E-state index contributed by atoms with van der Waals surface area (Å²) < 4.78 is 2.21. The average Bonchev–Trinajstić information content (AvgIpc) is 3.34. The Morgan fingerprint density at radius 3 is 2.64 bits per heavy atom. The van der Waals surface area contributed by atoms with Gasteiger partial charge in [-0.1, -0.05) is 31.4 Å². The van der Waals surface area contributed by atoms with E-state index in [0.29, 0.717) is 11.1 Å². The molecule has 1 saturated carbocycles. The first-order chi connectivity index (χ1) is 15.8. The van der Waals surface area contributed by atoms with Crippen molar-refractivity contribution in [1.82, 2.24) is 9.58 Å². The Morgan fingerprint density at radius 1 is 1.12 bits per heavy atom. The van der Waals surface area contributed by atoms with Crippen LogP contribution in [0.3, 0.4) is 0 Å². The molecule has 0 spiro atoms. The molecule has 7 heteroatoms. The monoisotopic (exact) mass is 459 g/mol. The highest BCUT2D eigenvalue weighted by Gasteiger charge is 2.38. The number of nitrogens with zero attached hydrogens (tertiary/aromatic N) is 4. The van der Waals surface area contributed by atoms with Crippen LogP contribution in [-0.4, -0.2) is 31.5 Å². The molecule has 0 atom stereocenters. The molecule has 0 saturated heterocycles. The number of carbonyl (C=O) groups excluding carboxylic acids is 1. The number of hydrogen-bond acceptors (Lipinski definition) is 4. The number of hydrazone groups is 1. The number of aromatic nitrogens is 1. The second-order valence-corrected chi connectivity index (χ2v) is 10.2. The Bertz CT molecular complexity index is 1260. The lowest BCUT2D eigenvalue weighted by Crippen LogP contribution is -2.35. The van der Waals surface area contributed by atoms with Crippen LogP contribution in [-0.2, 0) is 4.79 Å². The van der Waals surface area contributed by atoms with Crippen LogP contribution in [0.2, 0.25) is 0 Å². The van der Waals surface area contributed by atoms with Crippen LogP contribution in [0, 0.1) is 39.0 Å². The van der Waals surface area contributed by atoms with Gasteiger partial charge in [0, 0.05) is 23.0 Å². The van der Waals surface area contributed by atoms with E-state index in [-0.39, 0.29) is 17.3 Å². The van der Waals surface area contributed by atoms with E-state index in [1.165, 1.54) is 42.2 Å². The van der Waals surface area contributed by atoms with E-state index >= 15 is 0 Å². The molecule has 0 bridgehead atoms. The third-order valence-electron chi connectivity index (χ3n) is 7.01. The minimum atomic E-state index is -0.365. The first-order valence-corrected chi connectivity index (χ1v) is 12.4. The molecule has 3 heterocycles. The number of nitrogens with one attached hydrogen (secondary N) is 1.